The third-order valence-electron chi connectivity index (χ3n) is 5.18. The molecule has 2 aromatic heterocycles. The van der Waals surface area contributed by atoms with Gasteiger partial charge in [0.2, 0.25) is 0 Å². The maximum Gasteiger partial charge on any atom is 0.186 e. The Labute approximate surface area is 171 Å². The van der Waals surface area contributed by atoms with Gasteiger partial charge in [0.1, 0.15) is 12.4 Å². The molecular formula is C24H25N3O2. The van der Waals surface area contributed by atoms with E-state index in [1.54, 1.807) is 36.7 Å². The zero-order valence-electron chi connectivity index (χ0n) is 16.5. The number of hydrogen-bond acceptors (Lipinski definition) is 5. The van der Waals surface area contributed by atoms with E-state index in [2.05, 4.69) is 14.9 Å². The summed E-state index contributed by atoms with van der Waals surface area (Å²) in [4.78, 5) is 23.2. The van der Waals surface area contributed by atoms with E-state index in [9.17, 15) is 4.79 Å². The summed E-state index contributed by atoms with van der Waals surface area (Å²) in [7, 11) is 0. The van der Waals surface area contributed by atoms with Gasteiger partial charge in [-0.3, -0.25) is 14.7 Å². The van der Waals surface area contributed by atoms with Crippen LogP contribution < -0.4 is 4.74 Å². The molecule has 5 heteroatoms. The van der Waals surface area contributed by atoms with Gasteiger partial charge in [-0.2, -0.15) is 0 Å². The van der Waals surface area contributed by atoms with E-state index in [-0.39, 0.29) is 5.78 Å². The van der Waals surface area contributed by atoms with Crippen molar-refractivity contribution < 1.29 is 9.53 Å². The molecule has 3 heterocycles. The molecule has 4 rings (SSSR count). The molecule has 3 aromatic rings. The number of aromatic nitrogens is 2. The number of benzene rings is 1. The van der Waals surface area contributed by atoms with Gasteiger partial charge < -0.3 is 4.74 Å². The molecule has 0 radical (unpaired) electrons. The van der Waals surface area contributed by atoms with Crippen LogP contribution in [0.2, 0.25) is 0 Å². The highest BCUT2D eigenvalue weighted by Gasteiger charge is 2.09. The van der Waals surface area contributed by atoms with Crippen LogP contribution in [0.5, 0.6) is 5.75 Å². The van der Waals surface area contributed by atoms with Crippen molar-refractivity contribution in [2.45, 2.75) is 19.3 Å². The van der Waals surface area contributed by atoms with E-state index in [1.807, 2.05) is 30.3 Å². The first-order valence-corrected chi connectivity index (χ1v) is 10.2. The van der Waals surface area contributed by atoms with Crippen LogP contribution in [0, 0.1) is 0 Å². The van der Waals surface area contributed by atoms with Crippen LogP contribution in [0.1, 0.15) is 35.3 Å². The molecule has 1 aromatic carbocycles. The quantitative estimate of drug-likeness (QED) is 0.444. The predicted molar refractivity (Wildman–Crippen MR) is 115 cm³/mol. The Hall–Kier alpha value is -3.05. The highest BCUT2D eigenvalue weighted by atomic mass is 16.5. The molecule has 1 saturated heterocycles. The van der Waals surface area contributed by atoms with Gasteiger partial charge in [0.25, 0.3) is 0 Å². The van der Waals surface area contributed by atoms with Gasteiger partial charge in [-0.15, -0.1) is 0 Å². The number of fused-ring (bicyclic) bond motifs is 1. The van der Waals surface area contributed by atoms with E-state index in [0.717, 1.165) is 28.9 Å². The molecule has 1 fully saturated rings. The van der Waals surface area contributed by atoms with E-state index in [1.165, 1.54) is 32.4 Å². The predicted octanol–water partition coefficient (Wildman–Crippen LogP) is 4.39. The molecule has 148 valence electrons. The summed E-state index contributed by atoms with van der Waals surface area (Å²) in [5, 5.41) is 1.03. The Morgan fingerprint density at radius 2 is 1.86 bits per heavy atom. The second-order valence-corrected chi connectivity index (χ2v) is 7.27. The molecule has 0 aliphatic carbocycles. The Balaban J connectivity index is 1.37. The summed E-state index contributed by atoms with van der Waals surface area (Å²) in [5.74, 6) is 0.805. The molecule has 0 atom stereocenters. The first-order chi connectivity index (χ1) is 14.3. The number of nitrogens with zero attached hydrogens (tertiary/aromatic N) is 3. The molecule has 0 unspecified atom stereocenters. The minimum Gasteiger partial charge on any atom is -0.492 e. The molecule has 0 amide bonds. The van der Waals surface area contributed by atoms with Crippen LogP contribution in [0.25, 0.3) is 17.0 Å². The van der Waals surface area contributed by atoms with Crippen molar-refractivity contribution in [3.63, 3.8) is 0 Å². The average Bonchev–Trinajstić information content (AvgIpc) is 2.78. The first kappa shape index (κ1) is 19.3. The lowest BCUT2D eigenvalue weighted by molar-refractivity contribution is 0.104. The highest BCUT2D eigenvalue weighted by molar-refractivity contribution is 6.06. The molecule has 1 aliphatic heterocycles. The number of carbonyl (C=O) groups is 1. The maximum absolute atomic E-state index is 12.2. The summed E-state index contributed by atoms with van der Waals surface area (Å²) >= 11 is 0. The van der Waals surface area contributed by atoms with Crippen LogP contribution in [0.15, 0.2) is 60.9 Å². The van der Waals surface area contributed by atoms with Gasteiger partial charge in [0, 0.05) is 29.9 Å². The molecular weight excluding hydrogens is 362 g/mol. The van der Waals surface area contributed by atoms with Crippen molar-refractivity contribution in [1.29, 1.82) is 0 Å². The Morgan fingerprint density at radius 3 is 2.69 bits per heavy atom. The Morgan fingerprint density at radius 1 is 1.03 bits per heavy atom. The fourth-order valence-corrected chi connectivity index (χ4v) is 3.55. The first-order valence-electron chi connectivity index (χ1n) is 10.2. The number of carbonyl (C=O) groups excluding carboxylic acids is 1. The van der Waals surface area contributed by atoms with E-state index in [0.29, 0.717) is 12.2 Å². The van der Waals surface area contributed by atoms with E-state index in [4.69, 9.17) is 4.74 Å². The van der Waals surface area contributed by atoms with E-state index < -0.39 is 0 Å². The van der Waals surface area contributed by atoms with Gasteiger partial charge in [0.05, 0.1) is 11.2 Å². The zero-order valence-corrected chi connectivity index (χ0v) is 16.5. The third kappa shape index (κ3) is 5.27. The maximum atomic E-state index is 12.2. The summed E-state index contributed by atoms with van der Waals surface area (Å²) in [6, 6.07) is 13.3. The Bertz CT molecular complexity index is 995. The molecule has 0 saturated carbocycles. The van der Waals surface area contributed by atoms with Crippen LogP contribution in [-0.2, 0) is 0 Å². The van der Waals surface area contributed by atoms with Crippen molar-refractivity contribution >= 4 is 22.8 Å². The second kappa shape index (κ2) is 9.43. The highest BCUT2D eigenvalue weighted by Crippen LogP contribution is 2.20. The third-order valence-corrected chi connectivity index (χ3v) is 5.18. The van der Waals surface area contributed by atoms with Gasteiger partial charge in [-0.05, 0) is 74.5 Å². The molecule has 1 aliphatic rings. The normalized spacial score (nSPS) is 15.0. The van der Waals surface area contributed by atoms with Gasteiger partial charge in [0.15, 0.2) is 5.78 Å². The lowest BCUT2D eigenvalue weighted by Crippen LogP contribution is -2.33. The number of piperidine rings is 1. The fraction of sp³-hybridized carbons (Fsp3) is 0.292. The number of hydrogen-bond donors (Lipinski definition) is 0. The topological polar surface area (TPSA) is 55.3 Å². The number of ketones is 1. The monoisotopic (exact) mass is 387 g/mol. The van der Waals surface area contributed by atoms with Crippen molar-refractivity contribution in [3.8, 4) is 5.75 Å². The molecule has 29 heavy (non-hydrogen) atoms. The second-order valence-electron chi connectivity index (χ2n) is 7.27. The smallest absolute Gasteiger partial charge is 0.186 e. The van der Waals surface area contributed by atoms with Crippen molar-refractivity contribution in [3.05, 3.63) is 72.2 Å². The van der Waals surface area contributed by atoms with Crippen molar-refractivity contribution in [2.24, 2.45) is 0 Å². The minimum absolute atomic E-state index is 0.0632. The van der Waals surface area contributed by atoms with E-state index >= 15 is 0 Å². The van der Waals surface area contributed by atoms with Crippen LogP contribution in [-0.4, -0.2) is 46.9 Å². The van der Waals surface area contributed by atoms with Crippen LogP contribution in [0.3, 0.4) is 0 Å². The zero-order chi connectivity index (χ0) is 19.9. The number of ether oxygens (including phenoxy) is 1. The van der Waals surface area contributed by atoms with Gasteiger partial charge in [-0.25, -0.2) is 4.98 Å². The van der Waals surface area contributed by atoms with Gasteiger partial charge >= 0.3 is 0 Å². The summed E-state index contributed by atoms with van der Waals surface area (Å²) in [6.45, 7) is 4.05. The van der Waals surface area contributed by atoms with Gasteiger partial charge in [-0.1, -0.05) is 12.5 Å². The SMILES string of the molecule is O=C(C=Cc1ccc2cc(OCCN3CCCCC3)ccc2n1)c1ccncc1. The lowest BCUT2D eigenvalue weighted by Gasteiger charge is -2.26. The number of allylic oxidation sites excluding steroid dienone is 1. The molecule has 0 bridgehead atoms. The van der Waals surface area contributed by atoms with Crippen LogP contribution >= 0.6 is 0 Å². The summed E-state index contributed by atoms with van der Waals surface area (Å²) in [6.07, 6.45) is 10.5. The molecule has 5 nitrogen and oxygen atoms in total. The van der Waals surface area contributed by atoms with Crippen LogP contribution in [0.4, 0.5) is 0 Å². The molecule has 0 N–H and O–H groups in total. The Kier molecular flexibility index (Phi) is 6.27. The summed E-state index contributed by atoms with van der Waals surface area (Å²) in [5.41, 5.74) is 2.24. The number of pyridine rings is 2. The van der Waals surface area contributed by atoms with Crippen molar-refractivity contribution in [2.75, 3.05) is 26.2 Å². The average molecular weight is 387 g/mol. The van der Waals surface area contributed by atoms with Crippen molar-refractivity contribution in [1.82, 2.24) is 14.9 Å². The number of rotatable bonds is 7. The largest absolute Gasteiger partial charge is 0.492 e. The number of likely N-dealkylation sites (tertiary alicyclic amines) is 1. The lowest BCUT2D eigenvalue weighted by atomic mass is 10.1. The molecule has 0 spiro atoms. The standard InChI is InChI=1S/C24H25N3O2/c28-24(19-10-12-25-13-11-19)9-6-21-5-4-20-18-22(7-8-23(20)26-21)29-17-16-27-14-2-1-3-15-27/h4-13,18H,1-3,14-17H2. The fourth-order valence-electron chi connectivity index (χ4n) is 3.55. The summed E-state index contributed by atoms with van der Waals surface area (Å²) < 4.78 is 5.94. The minimum atomic E-state index is -0.0632.